The molecule has 0 aliphatic rings. The maximum atomic E-state index is 12.6. The van der Waals surface area contributed by atoms with E-state index in [0.29, 0.717) is 38.7 Å². The highest BCUT2D eigenvalue weighted by atomic mass is 35.5. The number of carbonyl (C=O) groups is 1. The monoisotopic (exact) mass is 400 g/mol. The minimum atomic E-state index is -0.472. The number of aromatic nitrogens is 1. The van der Waals surface area contributed by atoms with E-state index < -0.39 is 5.97 Å². The molecule has 28 heavy (non-hydrogen) atoms. The Balaban J connectivity index is 2.25. The number of pyridine rings is 1. The number of aryl methyl sites for hydroxylation is 1. The van der Waals surface area contributed by atoms with E-state index in [-0.39, 0.29) is 6.61 Å². The highest BCUT2D eigenvalue weighted by Gasteiger charge is 2.19. The van der Waals surface area contributed by atoms with Crippen LogP contribution in [0.4, 0.5) is 11.4 Å². The van der Waals surface area contributed by atoms with Crippen molar-refractivity contribution in [2.45, 2.75) is 13.8 Å². The summed E-state index contributed by atoms with van der Waals surface area (Å²) in [6.45, 7) is 3.99. The zero-order chi connectivity index (χ0) is 20.3. The molecule has 1 aromatic heterocycles. The van der Waals surface area contributed by atoms with E-state index in [2.05, 4.69) is 10.3 Å². The van der Waals surface area contributed by atoms with Crippen LogP contribution in [-0.2, 0) is 4.74 Å². The summed E-state index contributed by atoms with van der Waals surface area (Å²) in [7, 11) is 3.13. The first-order valence-electron chi connectivity index (χ1n) is 8.73. The quantitative estimate of drug-likeness (QED) is 0.578. The largest absolute Gasteiger partial charge is 0.495 e. The van der Waals surface area contributed by atoms with E-state index in [9.17, 15) is 4.79 Å². The molecule has 7 heteroatoms. The molecule has 146 valence electrons. The molecule has 0 fully saturated rings. The predicted octanol–water partition coefficient (Wildman–Crippen LogP) is 5.13. The Morgan fingerprint density at radius 1 is 1.14 bits per heavy atom. The van der Waals surface area contributed by atoms with Crippen molar-refractivity contribution in [3.63, 3.8) is 0 Å². The number of fused-ring (bicyclic) bond motifs is 1. The van der Waals surface area contributed by atoms with E-state index in [4.69, 9.17) is 25.8 Å². The van der Waals surface area contributed by atoms with Crippen molar-refractivity contribution >= 4 is 39.8 Å². The van der Waals surface area contributed by atoms with Crippen LogP contribution in [0.2, 0.25) is 5.02 Å². The normalized spacial score (nSPS) is 10.6. The topological polar surface area (TPSA) is 69.7 Å². The second-order valence-corrected chi connectivity index (χ2v) is 6.51. The molecule has 2 aromatic carbocycles. The van der Waals surface area contributed by atoms with Gasteiger partial charge in [0.25, 0.3) is 0 Å². The Bertz CT molecular complexity index is 1040. The Hall–Kier alpha value is -2.99. The number of ether oxygens (including phenoxy) is 3. The first-order chi connectivity index (χ1) is 13.5. The maximum absolute atomic E-state index is 12.6. The average Bonchev–Trinajstić information content (AvgIpc) is 2.68. The van der Waals surface area contributed by atoms with E-state index in [1.807, 2.05) is 25.1 Å². The van der Waals surface area contributed by atoms with Crippen molar-refractivity contribution in [1.29, 1.82) is 0 Å². The van der Waals surface area contributed by atoms with Gasteiger partial charge >= 0.3 is 5.97 Å². The SMILES string of the molecule is CCOC(=O)c1cnc2cc(Cl)c(OC)cc2c1Nc1cc(C)ccc1OC. The molecule has 6 nitrogen and oxygen atoms in total. The third-order valence-corrected chi connectivity index (χ3v) is 4.55. The lowest BCUT2D eigenvalue weighted by atomic mass is 10.1. The second-order valence-electron chi connectivity index (χ2n) is 6.10. The molecule has 0 spiro atoms. The van der Waals surface area contributed by atoms with Crippen molar-refractivity contribution in [3.8, 4) is 11.5 Å². The van der Waals surface area contributed by atoms with Crippen LogP contribution in [0.25, 0.3) is 10.9 Å². The maximum Gasteiger partial charge on any atom is 0.341 e. The van der Waals surface area contributed by atoms with Crippen molar-refractivity contribution in [1.82, 2.24) is 4.98 Å². The third kappa shape index (κ3) is 3.82. The molecule has 1 N–H and O–H groups in total. The molecule has 1 heterocycles. The lowest BCUT2D eigenvalue weighted by Gasteiger charge is -2.17. The number of nitrogens with one attached hydrogen (secondary N) is 1. The zero-order valence-corrected chi connectivity index (χ0v) is 16.9. The Kier molecular flexibility index (Phi) is 5.90. The highest BCUT2D eigenvalue weighted by molar-refractivity contribution is 6.33. The lowest BCUT2D eigenvalue weighted by Crippen LogP contribution is -2.10. The van der Waals surface area contributed by atoms with Crippen LogP contribution < -0.4 is 14.8 Å². The van der Waals surface area contributed by atoms with Crippen LogP contribution >= 0.6 is 11.6 Å². The van der Waals surface area contributed by atoms with Crippen molar-refractivity contribution < 1.29 is 19.0 Å². The number of nitrogens with zero attached hydrogens (tertiary/aromatic N) is 1. The zero-order valence-electron chi connectivity index (χ0n) is 16.1. The van der Waals surface area contributed by atoms with Gasteiger partial charge in [0.15, 0.2) is 0 Å². The van der Waals surface area contributed by atoms with Crippen LogP contribution in [0, 0.1) is 6.92 Å². The van der Waals surface area contributed by atoms with Gasteiger partial charge in [-0.1, -0.05) is 17.7 Å². The molecule has 0 atom stereocenters. The summed E-state index contributed by atoms with van der Waals surface area (Å²) in [5, 5.41) is 4.43. The van der Waals surface area contributed by atoms with Crippen LogP contribution in [0.15, 0.2) is 36.5 Å². The fraction of sp³-hybridized carbons (Fsp3) is 0.238. The molecule has 0 radical (unpaired) electrons. The summed E-state index contributed by atoms with van der Waals surface area (Å²) in [4.78, 5) is 16.9. The number of benzene rings is 2. The number of hydrogen-bond acceptors (Lipinski definition) is 6. The number of hydrogen-bond donors (Lipinski definition) is 1. The van der Waals surface area contributed by atoms with Crippen molar-refractivity contribution in [2.75, 3.05) is 26.1 Å². The number of anilines is 2. The molecule has 0 amide bonds. The number of halogens is 1. The van der Waals surface area contributed by atoms with Crippen LogP contribution in [0.5, 0.6) is 11.5 Å². The number of carbonyl (C=O) groups excluding carboxylic acids is 1. The molecule has 0 aliphatic carbocycles. The van der Waals surface area contributed by atoms with Gasteiger partial charge in [-0.05, 0) is 43.7 Å². The Morgan fingerprint density at radius 3 is 2.57 bits per heavy atom. The van der Waals surface area contributed by atoms with Gasteiger partial charge in [-0.2, -0.15) is 0 Å². The third-order valence-electron chi connectivity index (χ3n) is 4.25. The van der Waals surface area contributed by atoms with Gasteiger partial charge in [0.1, 0.15) is 17.1 Å². The number of rotatable bonds is 6. The van der Waals surface area contributed by atoms with Crippen molar-refractivity contribution in [3.05, 3.63) is 52.7 Å². The summed E-state index contributed by atoms with van der Waals surface area (Å²) in [5.74, 6) is 0.655. The van der Waals surface area contributed by atoms with Gasteiger partial charge in [0, 0.05) is 11.6 Å². The number of esters is 1. The van der Waals surface area contributed by atoms with Gasteiger partial charge in [0.05, 0.1) is 42.7 Å². The summed E-state index contributed by atoms with van der Waals surface area (Å²) in [6.07, 6.45) is 1.48. The molecule has 0 unspecified atom stereocenters. The summed E-state index contributed by atoms with van der Waals surface area (Å²) in [5.41, 5.74) is 3.23. The predicted molar refractivity (Wildman–Crippen MR) is 110 cm³/mol. The Labute approximate surface area is 168 Å². The number of methoxy groups -OCH3 is 2. The summed E-state index contributed by atoms with van der Waals surface area (Å²) in [6, 6.07) is 9.20. The van der Waals surface area contributed by atoms with Crippen molar-refractivity contribution in [2.24, 2.45) is 0 Å². The molecule has 3 rings (SSSR count). The highest BCUT2D eigenvalue weighted by Crippen LogP contribution is 2.38. The van der Waals surface area contributed by atoms with Gasteiger partial charge in [0.2, 0.25) is 0 Å². The van der Waals surface area contributed by atoms with E-state index in [1.54, 1.807) is 26.2 Å². The van der Waals surface area contributed by atoms with E-state index >= 15 is 0 Å². The first-order valence-corrected chi connectivity index (χ1v) is 9.11. The van der Waals surface area contributed by atoms with Gasteiger partial charge in [-0.25, -0.2) is 4.79 Å². The van der Waals surface area contributed by atoms with Gasteiger partial charge in [-0.15, -0.1) is 0 Å². The molecular formula is C21H21ClN2O4. The average molecular weight is 401 g/mol. The summed E-state index contributed by atoms with van der Waals surface area (Å²) < 4.78 is 16.0. The van der Waals surface area contributed by atoms with E-state index in [0.717, 1.165) is 11.3 Å². The smallest absolute Gasteiger partial charge is 0.341 e. The standard InChI is InChI=1S/C21H21ClN2O4/c1-5-28-21(25)14-11-23-16-10-15(22)19(27-4)9-13(16)20(14)24-17-8-12(2)6-7-18(17)26-3/h6-11H,5H2,1-4H3,(H,23,24). The summed E-state index contributed by atoms with van der Waals surface area (Å²) >= 11 is 6.24. The minimum absolute atomic E-state index is 0.258. The molecule has 0 bridgehead atoms. The van der Waals surface area contributed by atoms with Gasteiger partial charge in [-0.3, -0.25) is 4.98 Å². The molecular weight excluding hydrogens is 380 g/mol. The van der Waals surface area contributed by atoms with Gasteiger partial charge < -0.3 is 19.5 Å². The molecule has 0 saturated heterocycles. The van der Waals surface area contributed by atoms with Crippen LogP contribution in [0.3, 0.4) is 0 Å². The lowest BCUT2D eigenvalue weighted by molar-refractivity contribution is 0.0527. The van der Waals surface area contributed by atoms with E-state index in [1.165, 1.54) is 13.3 Å². The molecule has 0 saturated carbocycles. The molecule has 0 aliphatic heterocycles. The van der Waals surface area contributed by atoms with Crippen LogP contribution in [-0.4, -0.2) is 31.8 Å². The fourth-order valence-corrected chi connectivity index (χ4v) is 3.14. The Morgan fingerprint density at radius 2 is 1.89 bits per heavy atom. The minimum Gasteiger partial charge on any atom is -0.495 e. The first kappa shape index (κ1) is 19.8. The second kappa shape index (κ2) is 8.35. The van der Waals surface area contributed by atoms with Crippen LogP contribution in [0.1, 0.15) is 22.8 Å². The fourth-order valence-electron chi connectivity index (χ4n) is 2.90. The molecule has 3 aromatic rings.